The molecule has 0 radical (unpaired) electrons. The van der Waals surface area contributed by atoms with E-state index in [0.717, 1.165) is 19.6 Å². The molecule has 0 aromatic rings. The number of hydrogen-bond acceptors (Lipinski definition) is 2. The van der Waals surface area contributed by atoms with Gasteiger partial charge in [-0.1, -0.05) is 54.9 Å². The maximum atomic E-state index is 5.45. The Morgan fingerprint density at radius 1 is 1.00 bits per heavy atom. The Bertz CT molecular complexity index is 151. The zero-order chi connectivity index (χ0) is 13.2. The van der Waals surface area contributed by atoms with Crippen LogP contribution in [0.1, 0.15) is 61.3 Å². The molecule has 0 amide bonds. The van der Waals surface area contributed by atoms with Crippen LogP contribution in [0.15, 0.2) is 0 Å². The quantitative estimate of drug-likeness (QED) is 0.658. The second-order valence-electron chi connectivity index (χ2n) is 5.82. The number of nitrogens with two attached hydrogens (primary N) is 1. The highest BCUT2D eigenvalue weighted by molar-refractivity contribution is 4.80. The molecule has 0 spiro atoms. The molecular formula is C14H34N2. The molecular weight excluding hydrogens is 196 g/mol. The zero-order valence-electron chi connectivity index (χ0n) is 12.6. The van der Waals surface area contributed by atoms with Crippen molar-refractivity contribution in [2.45, 2.75) is 61.3 Å². The van der Waals surface area contributed by atoms with Gasteiger partial charge < -0.3 is 11.1 Å². The van der Waals surface area contributed by atoms with E-state index in [-0.39, 0.29) is 0 Å². The van der Waals surface area contributed by atoms with Crippen LogP contribution in [0.3, 0.4) is 0 Å². The minimum Gasteiger partial charge on any atom is -0.329 e. The van der Waals surface area contributed by atoms with Crippen LogP contribution < -0.4 is 11.1 Å². The van der Waals surface area contributed by atoms with Crippen LogP contribution in [0.2, 0.25) is 0 Å². The minimum atomic E-state index is 0.370. The summed E-state index contributed by atoms with van der Waals surface area (Å²) in [6.07, 6.45) is 2.50. The molecule has 0 aliphatic rings. The van der Waals surface area contributed by atoms with Gasteiger partial charge in [0.25, 0.3) is 0 Å². The zero-order valence-corrected chi connectivity index (χ0v) is 12.6. The van der Waals surface area contributed by atoms with Gasteiger partial charge in [-0.05, 0) is 17.3 Å². The SMILES string of the molecule is CC.CCC(C)(C)CC(C)(C)CNCCN. The van der Waals surface area contributed by atoms with E-state index in [2.05, 4.69) is 39.9 Å². The van der Waals surface area contributed by atoms with Gasteiger partial charge in [0.1, 0.15) is 0 Å². The van der Waals surface area contributed by atoms with Crippen molar-refractivity contribution in [1.29, 1.82) is 0 Å². The molecule has 0 heterocycles. The monoisotopic (exact) mass is 230 g/mol. The molecule has 0 bridgehead atoms. The largest absolute Gasteiger partial charge is 0.329 e. The van der Waals surface area contributed by atoms with E-state index in [0.29, 0.717) is 10.8 Å². The molecule has 2 nitrogen and oxygen atoms in total. The minimum absolute atomic E-state index is 0.370. The molecule has 0 rings (SSSR count). The van der Waals surface area contributed by atoms with Gasteiger partial charge in [0.2, 0.25) is 0 Å². The molecule has 0 saturated heterocycles. The van der Waals surface area contributed by atoms with Gasteiger partial charge in [-0.3, -0.25) is 0 Å². The second-order valence-corrected chi connectivity index (χ2v) is 5.82. The van der Waals surface area contributed by atoms with Crippen molar-refractivity contribution in [3.63, 3.8) is 0 Å². The van der Waals surface area contributed by atoms with Crippen molar-refractivity contribution in [3.05, 3.63) is 0 Å². The summed E-state index contributed by atoms with van der Waals surface area (Å²) < 4.78 is 0. The molecule has 2 heteroatoms. The molecule has 0 aromatic carbocycles. The van der Waals surface area contributed by atoms with Crippen molar-refractivity contribution < 1.29 is 0 Å². The Balaban J connectivity index is 0. The van der Waals surface area contributed by atoms with Crippen molar-refractivity contribution >= 4 is 0 Å². The lowest BCUT2D eigenvalue weighted by atomic mass is 9.74. The molecule has 16 heavy (non-hydrogen) atoms. The lowest BCUT2D eigenvalue weighted by molar-refractivity contribution is 0.184. The van der Waals surface area contributed by atoms with Crippen LogP contribution in [0.5, 0.6) is 0 Å². The molecule has 0 saturated carbocycles. The van der Waals surface area contributed by atoms with Gasteiger partial charge in [0.05, 0.1) is 0 Å². The lowest BCUT2D eigenvalue weighted by Crippen LogP contribution is -2.35. The van der Waals surface area contributed by atoms with Gasteiger partial charge in [0, 0.05) is 19.6 Å². The first-order chi connectivity index (χ1) is 7.33. The third-order valence-electron chi connectivity index (χ3n) is 2.84. The molecule has 0 fully saturated rings. The summed E-state index contributed by atoms with van der Waals surface area (Å²) in [4.78, 5) is 0. The summed E-state index contributed by atoms with van der Waals surface area (Å²) >= 11 is 0. The average Bonchev–Trinajstić information content (AvgIpc) is 2.19. The van der Waals surface area contributed by atoms with E-state index < -0.39 is 0 Å². The molecule has 0 atom stereocenters. The highest BCUT2D eigenvalue weighted by atomic mass is 14.9. The highest BCUT2D eigenvalue weighted by Crippen LogP contribution is 2.35. The summed E-state index contributed by atoms with van der Waals surface area (Å²) in [7, 11) is 0. The normalized spacial score (nSPS) is 12.0. The number of rotatable bonds is 7. The predicted molar refractivity (Wildman–Crippen MR) is 75.7 cm³/mol. The molecule has 0 unspecified atom stereocenters. The van der Waals surface area contributed by atoms with Crippen molar-refractivity contribution in [2.24, 2.45) is 16.6 Å². The summed E-state index contributed by atoms with van der Waals surface area (Å²) in [6, 6.07) is 0. The number of nitrogens with one attached hydrogen (secondary N) is 1. The van der Waals surface area contributed by atoms with Crippen molar-refractivity contribution in [3.8, 4) is 0 Å². The van der Waals surface area contributed by atoms with Crippen LogP contribution >= 0.6 is 0 Å². The Hall–Kier alpha value is -0.0800. The van der Waals surface area contributed by atoms with E-state index >= 15 is 0 Å². The Labute approximate surface area is 103 Å². The smallest absolute Gasteiger partial charge is 0.00747 e. The first-order valence-corrected chi connectivity index (χ1v) is 6.74. The maximum Gasteiger partial charge on any atom is 0.00747 e. The van der Waals surface area contributed by atoms with E-state index in [1.54, 1.807) is 0 Å². The van der Waals surface area contributed by atoms with E-state index in [4.69, 9.17) is 5.73 Å². The highest BCUT2D eigenvalue weighted by Gasteiger charge is 2.26. The van der Waals surface area contributed by atoms with Crippen molar-refractivity contribution in [1.82, 2.24) is 5.32 Å². The predicted octanol–water partition coefficient (Wildman–Crippen LogP) is 3.41. The summed E-state index contributed by atoms with van der Waals surface area (Å²) in [5, 5.41) is 3.40. The van der Waals surface area contributed by atoms with Crippen LogP contribution in [-0.4, -0.2) is 19.6 Å². The van der Waals surface area contributed by atoms with Gasteiger partial charge in [-0.25, -0.2) is 0 Å². The van der Waals surface area contributed by atoms with Crippen LogP contribution in [-0.2, 0) is 0 Å². The van der Waals surface area contributed by atoms with Crippen LogP contribution in [0.25, 0.3) is 0 Å². The first-order valence-electron chi connectivity index (χ1n) is 6.74. The lowest BCUT2D eigenvalue weighted by Gasteiger charge is -2.34. The van der Waals surface area contributed by atoms with Gasteiger partial charge in [-0.2, -0.15) is 0 Å². The fraction of sp³-hybridized carbons (Fsp3) is 1.00. The summed E-state index contributed by atoms with van der Waals surface area (Å²) in [6.45, 7) is 18.3. The standard InChI is InChI=1S/C12H28N2.C2H6/c1-6-11(2,3)9-12(4,5)10-14-8-7-13;1-2/h14H,6-10,13H2,1-5H3;1-2H3. The fourth-order valence-corrected chi connectivity index (χ4v) is 2.01. The average molecular weight is 230 g/mol. The third-order valence-corrected chi connectivity index (χ3v) is 2.84. The fourth-order valence-electron chi connectivity index (χ4n) is 2.01. The second kappa shape index (κ2) is 9.00. The van der Waals surface area contributed by atoms with Gasteiger partial charge >= 0.3 is 0 Å². The van der Waals surface area contributed by atoms with E-state index in [1.807, 2.05) is 13.8 Å². The van der Waals surface area contributed by atoms with E-state index in [9.17, 15) is 0 Å². The van der Waals surface area contributed by atoms with E-state index in [1.165, 1.54) is 12.8 Å². The molecule has 3 N–H and O–H groups in total. The third kappa shape index (κ3) is 10.4. The number of hydrogen-bond donors (Lipinski definition) is 2. The molecule has 0 aromatic heterocycles. The summed E-state index contributed by atoms with van der Waals surface area (Å²) in [5.74, 6) is 0. The van der Waals surface area contributed by atoms with Crippen LogP contribution in [0, 0.1) is 10.8 Å². The molecule has 0 aliphatic carbocycles. The maximum absolute atomic E-state index is 5.45. The Morgan fingerprint density at radius 3 is 1.88 bits per heavy atom. The Kier molecular flexibility index (Phi) is 10.3. The first kappa shape index (κ1) is 18.3. The topological polar surface area (TPSA) is 38.0 Å². The molecule has 0 aliphatic heterocycles. The van der Waals surface area contributed by atoms with Gasteiger partial charge in [-0.15, -0.1) is 0 Å². The Morgan fingerprint density at radius 2 is 1.50 bits per heavy atom. The molecule has 100 valence electrons. The summed E-state index contributed by atoms with van der Waals surface area (Å²) in [5.41, 5.74) is 6.27. The van der Waals surface area contributed by atoms with Crippen LogP contribution in [0.4, 0.5) is 0 Å². The van der Waals surface area contributed by atoms with Crippen molar-refractivity contribution in [2.75, 3.05) is 19.6 Å². The van der Waals surface area contributed by atoms with Gasteiger partial charge in [0.15, 0.2) is 0 Å².